The van der Waals surface area contributed by atoms with E-state index in [2.05, 4.69) is 0 Å². The molecule has 0 aliphatic rings. The third-order valence-electron chi connectivity index (χ3n) is 5.38. The second-order valence-corrected chi connectivity index (χ2v) is 7.19. The van der Waals surface area contributed by atoms with Crippen LogP contribution in [0.1, 0.15) is 36.7 Å². The summed E-state index contributed by atoms with van der Waals surface area (Å²) in [4.78, 5) is 25.3. The van der Waals surface area contributed by atoms with Gasteiger partial charge in [-0.1, -0.05) is 18.2 Å². The molecule has 0 aromatic heterocycles. The lowest BCUT2D eigenvalue weighted by atomic mass is 9.93. The van der Waals surface area contributed by atoms with Gasteiger partial charge in [-0.05, 0) is 45.4 Å². The number of ether oxygens (including phenoxy) is 4. The molecule has 6 nitrogen and oxygen atoms in total. The average molecular weight is 422 g/mol. The Morgan fingerprint density at radius 1 is 0.871 bits per heavy atom. The molecule has 3 aromatic carbocycles. The minimum Gasteiger partial charge on any atom is -0.496 e. The van der Waals surface area contributed by atoms with E-state index in [1.54, 1.807) is 41.1 Å². The number of allylic oxidation sites excluding steroid dienone is 1. The van der Waals surface area contributed by atoms with Gasteiger partial charge in [-0.2, -0.15) is 0 Å². The summed E-state index contributed by atoms with van der Waals surface area (Å²) in [7, 11) is 4.67. The Labute approximate surface area is 181 Å². The first-order valence-electron chi connectivity index (χ1n) is 9.84. The lowest BCUT2D eigenvalue weighted by Gasteiger charge is -2.21. The van der Waals surface area contributed by atoms with Gasteiger partial charge in [0.15, 0.2) is 11.5 Å². The second kappa shape index (κ2) is 8.68. The van der Waals surface area contributed by atoms with E-state index in [4.69, 9.17) is 18.9 Å². The maximum absolute atomic E-state index is 12.7. The molecule has 0 N–H and O–H groups in total. The monoisotopic (exact) mass is 422 g/mol. The van der Waals surface area contributed by atoms with Crippen molar-refractivity contribution in [1.29, 1.82) is 0 Å². The van der Waals surface area contributed by atoms with Gasteiger partial charge in [0.2, 0.25) is 0 Å². The van der Waals surface area contributed by atoms with Crippen molar-refractivity contribution in [2.45, 2.75) is 27.7 Å². The molecule has 162 valence electrons. The molecule has 3 aromatic rings. The molecule has 6 heteroatoms. The fourth-order valence-corrected chi connectivity index (χ4v) is 3.84. The number of rotatable bonds is 6. The standard InChI is InChI=1S/C25H26O6/c1-8-13(2)25(27)31-24-19(15(4)26)14(3)12-17-21(24)23(30-7)20-16(22(17)29-6)10-9-11-18(20)28-5/h8-12H,1-7H3/b13-8+. The number of esters is 1. The molecule has 0 spiro atoms. The molecule has 0 radical (unpaired) electrons. The Balaban J connectivity index is 2.63. The summed E-state index contributed by atoms with van der Waals surface area (Å²) in [5.74, 6) is 0.965. The van der Waals surface area contributed by atoms with Gasteiger partial charge in [0, 0.05) is 16.3 Å². The molecule has 0 heterocycles. The zero-order valence-electron chi connectivity index (χ0n) is 18.8. The number of ketones is 1. The lowest BCUT2D eigenvalue weighted by molar-refractivity contribution is -0.130. The molecule has 0 saturated heterocycles. The van der Waals surface area contributed by atoms with Gasteiger partial charge in [0.05, 0.1) is 37.7 Å². The van der Waals surface area contributed by atoms with Gasteiger partial charge in [0.1, 0.15) is 17.2 Å². The minimum absolute atomic E-state index is 0.150. The maximum atomic E-state index is 12.7. The molecule has 0 aliphatic carbocycles. The highest BCUT2D eigenvalue weighted by molar-refractivity contribution is 6.18. The second-order valence-electron chi connectivity index (χ2n) is 7.19. The van der Waals surface area contributed by atoms with Crippen LogP contribution in [0.15, 0.2) is 35.9 Å². The maximum Gasteiger partial charge on any atom is 0.338 e. The van der Waals surface area contributed by atoms with Gasteiger partial charge < -0.3 is 18.9 Å². The van der Waals surface area contributed by atoms with Crippen molar-refractivity contribution in [2.24, 2.45) is 0 Å². The van der Waals surface area contributed by atoms with Crippen LogP contribution in [-0.4, -0.2) is 33.1 Å². The zero-order valence-corrected chi connectivity index (χ0v) is 18.8. The Morgan fingerprint density at radius 3 is 2.10 bits per heavy atom. The smallest absolute Gasteiger partial charge is 0.338 e. The van der Waals surface area contributed by atoms with Crippen molar-refractivity contribution >= 4 is 33.3 Å². The van der Waals surface area contributed by atoms with Gasteiger partial charge in [0.25, 0.3) is 0 Å². The van der Waals surface area contributed by atoms with E-state index in [0.717, 1.165) is 5.39 Å². The third-order valence-corrected chi connectivity index (χ3v) is 5.38. The van der Waals surface area contributed by atoms with E-state index in [-0.39, 0.29) is 11.5 Å². The summed E-state index contributed by atoms with van der Waals surface area (Å²) in [5.41, 5.74) is 1.41. The van der Waals surface area contributed by atoms with Crippen LogP contribution in [0.4, 0.5) is 0 Å². The molecule has 3 rings (SSSR count). The van der Waals surface area contributed by atoms with Crippen molar-refractivity contribution < 1.29 is 28.5 Å². The number of fused-ring (bicyclic) bond motifs is 2. The lowest BCUT2D eigenvalue weighted by Crippen LogP contribution is -2.13. The van der Waals surface area contributed by atoms with Gasteiger partial charge in [-0.25, -0.2) is 4.79 Å². The summed E-state index contributed by atoms with van der Waals surface area (Å²) in [6, 6.07) is 7.43. The molecular formula is C25H26O6. The predicted octanol–water partition coefficient (Wildman–Crippen LogP) is 5.40. The van der Waals surface area contributed by atoms with E-state index in [1.165, 1.54) is 14.0 Å². The van der Waals surface area contributed by atoms with E-state index >= 15 is 0 Å². The zero-order chi connectivity index (χ0) is 22.9. The first kappa shape index (κ1) is 22.2. The summed E-state index contributed by atoms with van der Waals surface area (Å²) in [6.07, 6.45) is 1.66. The number of carbonyl (C=O) groups excluding carboxylic acids is 2. The number of hydrogen-bond donors (Lipinski definition) is 0. The molecule has 0 bridgehead atoms. The van der Waals surface area contributed by atoms with Crippen LogP contribution in [0.5, 0.6) is 23.0 Å². The number of methoxy groups -OCH3 is 3. The Bertz CT molecular complexity index is 1240. The normalized spacial score (nSPS) is 11.5. The molecule has 0 aliphatic heterocycles. The summed E-state index contributed by atoms with van der Waals surface area (Å²) in [6.45, 7) is 6.65. The van der Waals surface area contributed by atoms with Crippen LogP contribution in [0.2, 0.25) is 0 Å². The Hall–Kier alpha value is -3.54. The number of hydrogen-bond acceptors (Lipinski definition) is 6. The van der Waals surface area contributed by atoms with Gasteiger partial charge in [-0.3, -0.25) is 4.79 Å². The molecule has 0 saturated carbocycles. The Kier molecular flexibility index (Phi) is 6.20. The van der Waals surface area contributed by atoms with Gasteiger partial charge in [-0.15, -0.1) is 0 Å². The average Bonchev–Trinajstić information content (AvgIpc) is 2.75. The largest absolute Gasteiger partial charge is 0.496 e. The minimum atomic E-state index is -0.543. The number of Topliss-reactive ketones (excluding diaryl/α,β-unsaturated/α-hetero) is 1. The molecule has 0 unspecified atom stereocenters. The van der Waals surface area contributed by atoms with E-state index in [1.807, 2.05) is 24.3 Å². The molecule has 0 fully saturated rings. The van der Waals surface area contributed by atoms with Crippen molar-refractivity contribution in [2.75, 3.05) is 21.3 Å². The number of aryl methyl sites for hydroxylation is 1. The van der Waals surface area contributed by atoms with E-state index in [0.29, 0.717) is 50.1 Å². The highest BCUT2D eigenvalue weighted by atomic mass is 16.5. The van der Waals surface area contributed by atoms with Crippen LogP contribution in [0.3, 0.4) is 0 Å². The third kappa shape index (κ3) is 3.58. The van der Waals surface area contributed by atoms with Crippen LogP contribution >= 0.6 is 0 Å². The molecular weight excluding hydrogens is 396 g/mol. The predicted molar refractivity (Wildman–Crippen MR) is 121 cm³/mol. The number of benzene rings is 3. The van der Waals surface area contributed by atoms with Crippen LogP contribution in [-0.2, 0) is 4.79 Å². The first-order chi connectivity index (χ1) is 14.8. The topological polar surface area (TPSA) is 71.1 Å². The van der Waals surface area contributed by atoms with Crippen molar-refractivity contribution in [3.05, 3.63) is 47.0 Å². The summed E-state index contributed by atoms with van der Waals surface area (Å²) < 4.78 is 23.0. The molecule has 31 heavy (non-hydrogen) atoms. The van der Waals surface area contributed by atoms with Crippen LogP contribution in [0.25, 0.3) is 21.5 Å². The first-order valence-corrected chi connectivity index (χ1v) is 9.84. The summed E-state index contributed by atoms with van der Waals surface area (Å²) in [5, 5.41) is 2.59. The highest BCUT2D eigenvalue weighted by Gasteiger charge is 2.27. The quantitative estimate of drug-likeness (QED) is 0.174. The van der Waals surface area contributed by atoms with Gasteiger partial charge >= 0.3 is 5.97 Å². The molecule has 0 amide bonds. The SMILES string of the molecule is C/C=C(\C)C(=O)Oc1c(C(C)=O)c(C)cc2c(OC)c3cccc(OC)c3c(OC)c12. The van der Waals surface area contributed by atoms with Crippen molar-refractivity contribution in [3.63, 3.8) is 0 Å². The fourth-order valence-electron chi connectivity index (χ4n) is 3.84. The molecule has 0 atom stereocenters. The Morgan fingerprint density at radius 2 is 1.55 bits per heavy atom. The van der Waals surface area contributed by atoms with E-state index in [9.17, 15) is 9.59 Å². The summed E-state index contributed by atoms with van der Waals surface area (Å²) >= 11 is 0. The van der Waals surface area contributed by atoms with Crippen molar-refractivity contribution in [1.82, 2.24) is 0 Å². The van der Waals surface area contributed by atoms with Crippen LogP contribution < -0.4 is 18.9 Å². The van der Waals surface area contributed by atoms with E-state index < -0.39 is 5.97 Å². The highest BCUT2D eigenvalue weighted by Crippen LogP contribution is 2.50. The fraction of sp³-hybridized carbons (Fsp3) is 0.280. The van der Waals surface area contributed by atoms with Crippen molar-refractivity contribution in [3.8, 4) is 23.0 Å². The number of carbonyl (C=O) groups is 2. The van der Waals surface area contributed by atoms with Crippen LogP contribution in [0, 0.1) is 6.92 Å².